The molecule has 1 aliphatic rings. The van der Waals surface area contributed by atoms with Crippen molar-refractivity contribution in [3.63, 3.8) is 0 Å². The van der Waals surface area contributed by atoms with Gasteiger partial charge in [0, 0.05) is 44.0 Å². The molecule has 1 aromatic heterocycles. The second-order valence-electron chi connectivity index (χ2n) is 6.56. The highest BCUT2D eigenvalue weighted by molar-refractivity contribution is 5.89. The van der Waals surface area contributed by atoms with Crippen LogP contribution in [0.4, 0.5) is 17.6 Å². The number of pyridine rings is 1. The average Bonchev–Trinajstić information content (AvgIpc) is 3.01. The number of rotatable bonds is 5. The molecule has 0 spiro atoms. The summed E-state index contributed by atoms with van der Waals surface area (Å²) in [6, 6.07) is 5.72. The Morgan fingerprint density at radius 2 is 2.07 bits per heavy atom. The normalized spacial score (nSPS) is 17.1. The van der Waals surface area contributed by atoms with Crippen molar-refractivity contribution in [1.29, 1.82) is 0 Å². The zero-order valence-corrected chi connectivity index (χ0v) is 14.7. The smallest absolute Gasteiger partial charge is 0.352 e. The number of hydrogen-bond acceptors (Lipinski definition) is 3. The van der Waals surface area contributed by atoms with Gasteiger partial charge in [-0.15, -0.1) is 0 Å². The molecule has 0 bridgehead atoms. The van der Waals surface area contributed by atoms with Crippen molar-refractivity contribution in [1.82, 2.24) is 15.2 Å². The van der Waals surface area contributed by atoms with Gasteiger partial charge in [-0.3, -0.25) is 14.6 Å². The number of nitrogens with zero attached hydrogens (tertiary/aromatic N) is 2. The van der Waals surface area contributed by atoms with Gasteiger partial charge in [-0.25, -0.2) is 4.39 Å². The number of alkyl halides is 3. The molecule has 3 rings (SSSR count). The fourth-order valence-corrected chi connectivity index (χ4v) is 3.01. The van der Waals surface area contributed by atoms with E-state index < -0.39 is 29.4 Å². The van der Waals surface area contributed by atoms with Gasteiger partial charge in [0.05, 0.1) is 11.5 Å². The molecule has 1 fully saturated rings. The third-order valence-corrected chi connectivity index (χ3v) is 4.51. The van der Waals surface area contributed by atoms with Crippen LogP contribution in [0.25, 0.3) is 0 Å². The summed E-state index contributed by atoms with van der Waals surface area (Å²) < 4.78 is 51.6. The van der Waals surface area contributed by atoms with Gasteiger partial charge in [-0.2, -0.15) is 13.2 Å². The van der Waals surface area contributed by atoms with Crippen LogP contribution in [0.5, 0.6) is 0 Å². The van der Waals surface area contributed by atoms with Crippen molar-refractivity contribution in [2.75, 3.05) is 6.54 Å². The highest BCUT2D eigenvalue weighted by atomic mass is 19.4. The second-order valence-corrected chi connectivity index (χ2v) is 6.56. The zero-order valence-electron chi connectivity index (χ0n) is 14.7. The predicted octanol–water partition coefficient (Wildman–Crippen LogP) is 2.90. The van der Waals surface area contributed by atoms with E-state index in [0.29, 0.717) is 12.6 Å². The van der Waals surface area contributed by atoms with E-state index >= 15 is 0 Å². The Hall–Kier alpha value is -2.97. The number of hydrogen-bond donors (Lipinski definition) is 1. The maximum absolute atomic E-state index is 13.9. The van der Waals surface area contributed by atoms with E-state index in [9.17, 15) is 27.2 Å². The first-order valence-electron chi connectivity index (χ1n) is 8.54. The molecule has 1 atom stereocenters. The molecule has 1 saturated heterocycles. The molecule has 1 aliphatic heterocycles. The van der Waals surface area contributed by atoms with Crippen LogP contribution in [0.1, 0.15) is 23.1 Å². The Bertz CT molecular complexity index is 871. The molecule has 9 heteroatoms. The fourth-order valence-electron chi connectivity index (χ4n) is 3.01. The highest BCUT2D eigenvalue weighted by Crippen LogP contribution is 2.30. The zero-order chi connectivity index (χ0) is 20.3. The van der Waals surface area contributed by atoms with Crippen LogP contribution < -0.4 is 5.32 Å². The van der Waals surface area contributed by atoms with E-state index in [1.54, 1.807) is 23.4 Å². The minimum absolute atomic E-state index is 0.0294. The number of amides is 2. The lowest BCUT2D eigenvalue weighted by Crippen LogP contribution is -2.32. The summed E-state index contributed by atoms with van der Waals surface area (Å²) in [5.41, 5.74) is -0.311. The minimum atomic E-state index is -4.63. The van der Waals surface area contributed by atoms with E-state index in [1.165, 1.54) is 0 Å². The van der Waals surface area contributed by atoms with Gasteiger partial charge in [0.25, 0.3) is 0 Å². The van der Waals surface area contributed by atoms with Crippen molar-refractivity contribution in [2.24, 2.45) is 5.92 Å². The molecule has 1 N–H and O–H groups in total. The molecule has 1 unspecified atom stereocenters. The van der Waals surface area contributed by atoms with E-state index in [4.69, 9.17) is 0 Å². The number of carbonyl (C=O) groups excluding carboxylic acids is 2. The number of halogens is 4. The number of carbonyl (C=O) groups is 2. The van der Waals surface area contributed by atoms with Crippen molar-refractivity contribution in [3.8, 4) is 0 Å². The van der Waals surface area contributed by atoms with Gasteiger partial charge in [0.1, 0.15) is 5.82 Å². The summed E-state index contributed by atoms with van der Waals surface area (Å²) >= 11 is 0. The Morgan fingerprint density at radius 1 is 1.29 bits per heavy atom. The molecular formula is C19H17F4N3O2. The predicted molar refractivity (Wildman–Crippen MR) is 91.0 cm³/mol. The van der Waals surface area contributed by atoms with Gasteiger partial charge < -0.3 is 10.2 Å². The van der Waals surface area contributed by atoms with Crippen LogP contribution in [0.15, 0.2) is 42.7 Å². The summed E-state index contributed by atoms with van der Waals surface area (Å²) in [4.78, 5) is 29.9. The van der Waals surface area contributed by atoms with Crippen molar-refractivity contribution in [2.45, 2.75) is 25.7 Å². The molecule has 2 heterocycles. The largest absolute Gasteiger partial charge is 0.416 e. The monoisotopic (exact) mass is 395 g/mol. The third kappa shape index (κ3) is 4.65. The fraction of sp³-hybridized carbons (Fsp3) is 0.316. The summed E-state index contributed by atoms with van der Waals surface area (Å²) in [6.07, 6.45) is -1.36. The van der Waals surface area contributed by atoms with E-state index in [1.807, 2.05) is 6.07 Å². The van der Waals surface area contributed by atoms with Crippen LogP contribution in [0.2, 0.25) is 0 Å². The first-order chi connectivity index (χ1) is 13.2. The lowest BCUT2D eigenvalue weighted by atomic mass is 10.1. The molecule has 5 nitrogen and oxygen atoms in total. The average molecular weight is 395 g/mol. The number of nitrogens with one attached hydrogen (secondary N) is 1. The van der Waals surface area contributed by atoms with Gasteiger partial charge in [-0.1, -0.05) is 12.1 Å². The van der Waals surface area contributed by atoms with Gasteiger partial charge in [0.15, 0.2) is 0 Å². The second kappa shape index (κ2) is 7.95. The van der Waals surface area contributed by atoms with E-state index in [2.05, 4.69) is 10.3 Å². The summed E-state index contributed by atoms with van der Waals surface area (Å²) in [5.74, 6) is -2.26. The molecular weight excluding hydrogens is 378 g/mol. The molecule has 0 saturated carbocycles. The van der Waals surface area contributed by atoms with Crippen LogP contribution >= 0.6 is 0 Å². The van der Waals surface area contributed by atoms with Gasteiger partial charge >= 0.3 is 6.18 Å². The lowest BCUT2D eigenvalue weighted by molar-refractivity contribution is -0.137. The van der Waals surface area contributed by atoms with Crippen molar-refractivity contribution < 1.29 is 27.2 Å². The molecule has 28 heavy (non-hydrogen) atoms. The summed E-state index contributed by atoms with van der Waals surface area (Å²) in [5, 5.41) is 2.49. The lowest BCUT2D eigenvalue weighted by Gasteiger charge is -2.16. The maximum atomic E-state index is 13.9. The molecule has 0 radical (unpaired) electrons. The third-order valence-electron chi connectivity index (χ3n) is 4.51. The number of benzene rings is 1. The van der Waals surface area contributed by atoms with Crippen LogP contribution in [-0.2, 0) is 28.9 Å². The van der Waals surface area contributed by atoms with Crippen LogP contribution in [-0.4, -0.2) is 28.2 Å². The summed E-state index contributed by atoms with van der Waals surface area (Å²) in [7, 11) is 0. The highest BCUT2D eigenvalue weighted by Gasteiger charge is 2.34. The van der Waals surface area contributed by atoms with E-state index in [-0.39, 0.29) is 31.0 Å². The van der Waals surface area contributed by atoms with Crippen LogP contribution in [0.3, 0.4) is 0 Å². The molecule has 2 aromatic rings. The quantitative estimate of drug-likeness (QED) is 0.792. The Labute approximate surface area is 158 Å². The minimum Gasteiger partial charge on any atom is -0.352 e. The number of likely N-dealkylation sites (tertiary alicyclic amines) is 1. The van der Waals surface area contributed by atoms with Crippen molar-refractivity contribution >= 4 is 11.8 Å². The molecule has 148 valence electrons. The van der Waals surface area contributed by atoms with E-state index in [0.717, 1.165) is 17.7 Å². The first kappa shape index (κ1) is 19.8. The van der Waals surface area contributed by atoms with Gasteiger partial charge in [0.2, 0.25) is 11.8 Å². The topological polar surface area (TPSA) is 62.3 Å². The summed E-state index contributed by atoms with van der Waals surface area (Å²) in [6.45, 7) is 0.301. The van der Waals surface area contributed by atoms with Gasteiger partial charge in [-0.05, 0) is 23.8 Å². The SMILES string of the molecule is O=C(NCc1ccc(C(F)(F)F)cc1F)C1CC(=O)N(Cc2cccnc2)C1. The first-order valence-corrected chi connectivity index (χ1v) is 8.54. The molecule has 0 aliphatic carbocycles. The number of aromatic nitrogens is 1. The maximum Gasteiger partial charge on any atom is 0.416 e. The van der Waals surface area contributed by atoms with Crippen molar-refractivity contribution in [3.05, 3.63) is 65.2 Å². The Balaban J connectivity index is 1.56. The standard InChI is InChI=1S/C19H17F4N3O2/c20-16-7-15(19(21,22)23)4-3-13(16)9-25-18(28)14-6-17(27)26(11-14)10-12-2-1-5-24-8-12/h1-5,7-8,14H,6,9-11H2,(H,25,28). The molecule has 1 aromatic carbocycles. The van der Waals surface area contributed by atoms with Crippen LogP contribution in [0, 0.1) is 11.7 Å². The Kier molecular flexibility index (Phi) is 5.62. The molecule has 2 amide bonds. The Morgan fingerprint density at radius 3 is 2.71 bits per heavy atom.